The van der Waals surface area contributed by atoms with Gasteiger partial charge in [0.15, 0.2) is 0 Å². The molecular formula is C17H42N2O5Si+2. The minimum atomic E-state index is -3.63. The maximum absolute atomic E-state index is 10.1. The molecule has 152 valence electrons. The van der Waals surface area contributed by atoms with Crippen LogP contribution < -0.4 is 0 Å². The molecule has 0 aliphatic rings. The van der Waals surface area contributed by atoms with Crippen LogP contribution in [0.2, 0.25) is 6.04 Å². The zero-order chi connectivity index (χ0) is 19.4. The summed E-state index contributed by atoms with van der Waals surface area (Å²) in [6.45, 7) is 6.06. The lowest BCUT2D eigenvalue weighted by Gasteiger charge is -2.34. The van der Waals surface area contributed by atoms with E-state index in [1.807, 2.05) is 7.05 Å². The Morgan fingerprint density at radius 2 is 1.36 bits per heavy atom. The number of rotatable bonds is 16. The molecule has 25 heavy (non-hydrogen) atoms. The number of hydrogen-bond donors (Lipinski definition) is 4. The Labute approximate surface area is 155 Å². The van der Waals surface area contributed by atoms with Crippen LogP contribution in [0, 0.1) is 0 Å². The highest BCUT2D eigenvalue weighted by Crippen LogP contribution is 2.12. The van der Waals surface area contributed by atoms with Crippen molar-refractivity contribution in [3.8, 4) is 0 Å². The smallest absolute Gasteiger partial charge is 0.391 e. The van der Waals surface area contributed by atoms with E-state index in [4.69, 9.17) is 14.6 Å². The monoisotopic (exact) mass is 382 g/mol. The lowest BCUT2D eigenvalue weighted by atomic mass is 10.2. The van der Waals surface area contributed by atoms with E-state index in [1.165, 1.54) is 19.3 Å². The van der Waals surface area contributed by atoms with E-state index in [-0.39, 0.29) is 19.8 Å². The van der Waals surface area contributed by atoms with E-state index in [0.717, 1.165) is 24.0 Å². The molecule has 0 aromatic rings. The van der Waals surface area contributed by atoms with Gasteiger partial charge in [-0.25, -0.2) is 0 Å². The van der Waals surface area contributed by atoms with E-state index in [2.05, 4.69) is 21.0 Å². The Morgan fingerprint density at radius 3 is 1.88 bits per heavy atom. The summed E-state index contributed by atoms with van der Waals surface area (Å²) >= 11 is 0. The quantitative estimate of drug-likeness (QED) is 0.172. The summed E-state index contributed by atoms with van der Waals surface area (Å²) in [5.41, 5.74) is 0. The fourth-order valence-corrected chi connectivity index (χ4v) is 4.14. The summed E-state index contributed by atoms with van der Waals surface area (Å²) in [7, 11) is 2.65. The minimum absolute atomic E-state index is 0.0301. The summed E-state index contributed by atoms with van der Waals surface area (Å²) in [6, 6.07) is 0.312. The van der Waals surface area contributed by atoms with Crippen molar-refractivity contribution in [3.05, 3.63) is 0 Å². The Kier molecular flexibility index (Phi) is 12.3. The first-order valence-electron chi connectivity index (χ1n) is 9.56. The number of unbranched alkanes of at least 4 members (excludes halogenated alkanes) is 2. The number of likely N-dealkylation sites (N-methyl/N-ethyl adjacent to an activating group) is 1. The molecule has 0 rings (SSSR count). The highest BCUT2D eigenvalue weighted by molar-refractivity contribution is 6.57. The topological polar surface area (TPSA) is 90.2 Å². The summed E-state index contributed by atoms with van der Waals surface area (Å²) in [6.07, 6.45) is 4.38. The van der Waals surface area contributed by atoms with E-state index in [0.29, 0.717) is 30.2 Å². The third kappa shape index (κ3) is 12.9. The molecule has 0 atom stereocenters. The Hall–Kier alpha value is -0.0631. The Balaban J connectivity index is 4.15. The molecule has 0 heterocycles. The molecule has 0 unspecified atom stereocenters. The molecule has 8 heteroatoms. The van der Waals surface area contributed by atoms with Crippen LogP contribution in [-0.4, -0.2) is 111 Å². The molecule has 0 saturated heterocycles. The van der Waals surface area contributed by atoms with Crippen molar-refractivity contribution < 1.29 is 33.2 Å². The molecule has 0 aromatic heterocycles. The molecule has 0 spiro atoms. The van der Waals surface area contributed by atoms with E-state index < -0.39 is 8.80 Å². The van der Waals surface area contributed by atoms with Crippen LogP contribution in [0.1, 0.15) is 32.6 Å². The van der Waals surface area contributed by atoms with E-state index >= 15 is 0 Å². The van der Waals surface area contributed by atoms with Gasteiger partial charge >= 0.3 is 8.80 Å². The van der Waals surface area contributed by atoms with Gasteiger partial charge < -0.3 is 33.2 Å². The molecule has 0 aromatic carbocycles. The average Bonchev–Trinajstić information content (AvgIpc) is 2.47. The van der Waals surface area contributed by atoms with Crippen molar-refractivity contribution >= 4 is 8.80 Å². The zero-order valence-corrected chi connectivity index (χ0v) is 17.8. The number of aliphatic hydroxyl groups is 2. The van der Waals surface area contributed by atoms with Gasteiger partial charge in [0.2, 0.25) is 0 Å². The average molecular weight is 383 g/mol. The maximum atomic E-state index is 10.1. The molecule has 0 radical (unpaired) electrons. The molecule has 4 N–H and O–H groups in total. The van der Waals surface area contributed by atoms with Gasteiger partial charge in [0.05, 0.1) is 54.1 Å². The van der Waals surface area contributed by atoms with Crippen LogP contribution >= 0.6 is 0 Å². The second kappa shape index (κ2) is 12.3. The lowest BCUT2D eigenvalue weighted by Crippen LogP contribution is -2.51. The SMILES string of the molecule is CCCCC[N+](C)(C)CCC[Si](O)(O)OCC[N+](C)(CCO)CCO. The van der Waals surface area contributed by atoms with Crippen molar-refractivity contribution in [1.82, 2.24) is 0 Å². The van der Waals surface area contributed by atoms with E-state index in [9.17, 15) is 9.59 Å². The van der Waals surface area contributed by atoms with Crippen molar-refractivity contribution in [2.45, 2.75) is 38.7 Å². The number of nitrogens with zero attached hydrogens (tertiary/aromatic N) is 2. The molecule has 0 amide bonds. The Morgan fingerprint density at radius 1 is 0.800 bits per heavy atom. The summed E-state index contributed by atoms with van der Waals surface area (Å²) in [4.78, 5) is 20.3. The van der Waals surface area contributed by atoms with Crippen LogP contribution in [0.5, 0.6) is 0 Å². The van der Waals surface area contributed by atoms with Gasteiger partial charge in [0.25, 0.3) is 0 Å². The van der Waals surface area contributed by atoms with Gasteiger partial charge in [-0.3, -0.25) is 0 Å². The maximum Gasteiger partial charge on any atom is 0.495 e. The summed E-state index contributed by atoms with van der Waals surface area (Å²) in [5.74, 6) is 0. The van der Waals surface area contributed by atoms with Gasteiger partial charge in [0.1, 0.15) is 19.6 Å². The lowest BCUT2D eigenvalue weighted by molar-refractivity contribution is -0.910. The zero-order valence-electron chi connectivity index (χ0n) is 16.8. The third-order valence-corrected chi connectivity index (χ3v) is 6.55. The van der Waals surface area contributed by atoms with Gasteiger partial charge in [-0.2, -0.15) is 0 Å². The first-order valence-corrected chi connectivity index (χ1v) is 11.6. The predicted molar refractivity (Wildman–Crippen MR) is 102 cm³/mol. The fourth-order valence-electron chi connectivity index (χ4n) is 2.96. The van der Waals surface area contributed by atoms with E-state index in [1.54, 1.807) is 0 Å². The molecule has 0 fully saturated rings. The normalized spacial score (nSPS) is 13.4. The van der Waals surface area contributed by atoms with Crippen LogP contribution in [-0.2, 0) is 4.43 Å². The fraction of sp³-hybridized carbons (Fsp3) is 1.00. The van der Waals surface area contributed by atoms with Crippen LogP contribution in [0.25, 0.3) is 0 Å². The summed E-state index contributed by atoms with van der Waals surface area (Å²) in [5, 5.41) is 18.3. The first-order chi connectivity index (χ1) is 11.6. The number of aliphatic hydroxyl groups excluding tert-OH is 2. The van der Waals surface area contributed by atoms with Crippen LogP contribution in [0.4, 0.5) is 0 Å². The van der Waals surface area contributed by atoms with Gasteiger partial charge in [-0.1, -0.05) is 13.3 Å². The molecule has 0 bridgehead atoms. The summed E-state index contributed by atoms with van der Waals surface area (Å²) < 4.78 is 6.75. The molecule has 0 aliphatic heterocycles. The minimum Gasteiger partial charge on any atom is -0.391 e. The van der Waals surface area contributed by atoms with Gasteiger partial charge in [-0.15, -0.1) is 0 Å². The first kappa shape index (κ1) is 24.9. The molecule has 0 saturated carbocycles. The number of hydrogen-bond acceptors (Lipinski definition) is 5. The van der Waals surface area contributed by atoms with Crippen molar-refractivity contribution in [2.24, 2.45) is 0 Å². The van der Waals surface area contributed by atoms with Crippen molar-refractivity contribution in [3.63, 3.8) is 0 Å². The van der Waals surface area contributed by atoms with Crippen molar-refractivity contribution in [2.75, 3.05) is 73.7 Å². The third-order valence-electron chi connectivity index (χ3n) is 4.88. The largest absolute Gasteiger partial charge is 0.495 e. The second-order valence-electron chi connectivity index (χ2n) is 8.02. The van der Waals surface area contributed by atoms with Crippen LogP contribution in [0.15, 0.2) is 0 Å². The van der Waals surface area contributed by atoms with Crippen molar-refractivity contribution in [1.29, 1.82) is 0 Å². The van der Waals surface area contributed by atoms with Gasteiger partial charge in [-0.05, 0) is 12.8 Å². The van der Waals surface area contributed by atoms with Gasteiger partial charge in [0, 0.05) is 12.5 Å². The highest BCUT2D eigenvalue weighted by atomic mass is 28.4. The highest BCUT2D eigenvalue weighted by Gasteiger charge is 2.34. The van der Waals surface area contributed by atoms with Crippen LogP contribution in [0.3, 0.4) is 0 Å². The molecule has 7 nitrogen and oxygen atoms in total. The molecule has 0 aliphatic carbocycles. The second-order valence-corrected chi connectivity index (χ2v) is 10.3. The number of quaternary nitrogens is 2. The Bertz CT molecular complexity index is 337. The standard InChI is InChI=1S/C17H42N2O5Si/c1-5-6-7-9-18(2,3)10-8-17-25(22,23)24-16-13-19(4,11-14-20)12-15-21/h20-23H,5-17H2,1-4H3/q+2. The predicted octanol–water partition coefficient (Wildman–Crippen LogP) is 0.0144. The molecular weight excluding hydrogens is 340 g/mol.